The molecule has 3 heterocycles. The van der Waals surface area contributed by atoms with Gasteiger partial charge in [-0.05, 0) is 23.4 Å². The average molecular weight is 432 g/mol. The van der Waals surface area contributed by atoms with Gasteiger partial charge in [0.25, 0.3) is 0 Å². The number of fused-ring (bicyclic) bond motifs is 1. The fourth-order valence-electron chi connectivity index (χ4n) is 3.20. The normalized spacial score (nSPS) is 24.3. The second-order valence-corrected chi connectivity index (χ2v) is 9.55. The number of nitrogens with zero attached hydrogens (tertiary/aromatic N) is 3. The lowest BCUT2D eigenvalue weighted by molar-refractivity contribution is -0.124. The van der Waals surface area contributed by atoms with Crippen LogP contribution < -0.4 is 0 Å². The van der Waals surface area contributed by atoms with Gasteiger partial charge in [0, 0.05) is 16.0 Å². The van der Waals surface area contributed by atoms with Gasteiger partial charge in [0.2, 0.25) is 5.91 Å². The van der Waals surface area contributed by atoms with Crippen molar-refractivity contribution < 1.29 is 4.79 Å². The third kappa shape index (κ3) is 3.06. The number of halogens is 1. The Morgan fingerprint density at radius 3 is 2.63 bits per heavy atom. The second-order valence-electron chi connectivity index (χ2n) is 6.13. The van der Waals surface area contributed by atoms with Crippen molar-refractivity contribution in [2.45, 2.75) is 10.7 Å². The van der Waals surface area contributed by atoms with E-state index in [1.165, 1.54) is 5.56 Å². The van der Waals surface area contributed by atoms with Crippen LogP contribution in [0.4, 0.5) is 0 Å². The van der Waals surface area contributed by atoms with Crippen LogP contribution in [0.25, 0.3) is 0 Å². The molecule has 3 aliphatic rings. The molecule has 3 aliphatic heterocycles. The molecular weight excluding hydrogens is 418 g/mol. The van der Waals surface area contributed by atoms with Crippen LogP contribution in [0.5, 0.6) is 0 Å². The van der Waals surface area contributed by atoms with Crippen LogP contribution >= 0.6 is 46.9 Å². The van der Waals surface area contributed by atoms with Gasteiger partial charge in [0.15, 0.2) is 5.17 Å². The van der Waals surface area contributed by atoms with Gasteiger partial charge in [-0.15, -0.1) is 16.9 Å². The summed E-state index contributed by atoms with van der Waals surface area (Å²) < 4.78 is 0. The summed E-state index contributed by atoms with van der Waals surface area (Å²) in [6.45, 7) is 0. The van der Waals surface area contributed by atoms with Crippen molar-refractivity contribution in [3.8, 4) is 0 Å². The number of hydrogen-bond donors (Lipinski definition) is 0. The van der Waals surface area contributed by atoms with Crippen LogP contribution in [0.1, 0.15) is 21.9 Å². The molecule has 2 aromatic rings. The molecule has 0 radical (unpaired) electrons. The van der Waals surface area contributed by atoms with Gasteiger partial charge in [-0.3, -0.25) is 9.69 Å². The number of hydrogen-bond acceptors (Lipinski definition) is 6. The Morgan fingerprint density at radius 1 is 1.04 bits per heavy atom. The lowest BCUT2D eigenvalue weighted by atomic mass is 10.2. The number of carbonyl (C=O) groups excluding carboxylic acids is 1. The molecule has 0 bridgehead atoms. The molecule has 1 amide bonds. The molecule has 5 rings (SSSR count). The minimum atomic E-state index is -0.138. The van der Waals surface area contributed by atoms with E-state index in [4.69, 9.17) is 16.7 Å². The van der Waals surface area contributed by atoms with E-state index in [1.54, 1.807) is 40.2 Å². The molecule has 2 aromatic carbocycles. The number of carbonyl (C=O) groups is 1. The molecule has 2 unspecified atom stereocenters. The van der Waals surface area contributed by atoms with Crippen LogP contribution in [0.15, 0.2) is 70.1 Å². The zero-order chi connectivity index (χ0) is 18.4. The highest BCUT2D eigenvalue weighted by atomic mass is 35.5. The monoisotopic (exact) mass is 431 g/mol. The lowest BCUT2D eigenvalue weighted by Crippen LogP contribution is -2.32. The molecular formula is C19H14ClN3OS3. The Bertz CT molecular complexity index is 966. The average Bonchev–Trinajstić information content (AvgIpc) is 3.36. The summed E-state index contributed by atoms with van der Waals surface area (Å²) in [7, 11) is 0. The Morgan fingerprint density at radius 2 is 1.81 bits per heavy atom. The number of amides is 1. The first-order chi connectivity index (χ1) is 13.2. The Balaban J connectivity index is 1.47. The van der Waals surface area contributed by atoms with Gasteiger partial charge in [0.05, 0.1) is 5.75 Å². The molecule has 4 nitrogen and oxygen atoms in total. The highest BCUT2D eigenvalue weighted by molar-refractivity contribution is 8.18. The number of rotatable bonds is 2. The quantitative estimate of drug-likeness (QED) is 0.629. The maximum Gasteiger partial charge on any atom is 0.239 e. The van der Waals surface area contributed by atoms with Gasteiger partial charge in [-0.2, -0.15) is 0 Å². The van der Waals surface area contributed by atoms with Gasteiger partial charge in [-0.25, -0.2) is 5.01 Å². The lowest BCUT2D eigenvalue weighted by Gasteiger charge is -2.23. The first-order valence-corrected chi connectivity index (χ1v) is 11.6. The fraction of sp³-hybridized carbons (Fsp3) is 0.158. The zero-order valence-electron chi connectivity index (χ0n) is 14.0. The molecule has 27 heavy (non-hydrogen) atoms. The molecule has 0 aromatic heterocycles. The van der Waals surface area contributed by atoms with Crippen molar-refractivity contribution in [1.82, 2.24) is 9.91 Å². The fourth-order valence-corrected chi connectivity index (χ4v) is 6.99. The summed E-state index contributed by atoms with van der Waals surface area (Å²) in [4.78, 5) is 14.4. The van der Waals surface area contributed by atoms with E-state index in [-0.39, 0.29) is 16.7 Å². The molecule has 1 fully saturated rings. The molecule has 2 atom stereocenters. The number of amidine groups is 1. The third-order valence-electron chi connectivity index (χ3n) is 4.46. The molecule has 136 valence electrons. The first kappa shape index (κ1) is 17.6. The smallest absolute Gasteiger partial charge is 0.239 e. The van der Waals surface area contributed by atoms with Crippen molar-refractivity contribution in [2.75, 3.05) is 5.75 Å². The highest BCUT2D eigenvalue weighted by Crippen LogP contribution is 2.52. The molecule has 1 saturated heterocycles. The summed E-state index contributed by atoms with van der Waals surface area (Å²) in [5, 5.41) is 11.4. The van der Waals surface area contributed by atoms with Crippen molar-refractivity contribution in [3.63, 3.8) is 0 Å². The van der Waals surface area contributed by atoms with Gasteiger partial charge in [0.1, 0.15) is 15.8 Å². The van der Waals surface area contributed by atoms with Gasteiger partial charge in [-0.1, -0.05) is 71.9 Å². The minimum absolute atomic E-state index is 0.0712. The first-order valence-electron chi connectivity index (χ1n) is 8.37. The Kier molecular flexibility index (Phi) is 4.63. The van der Waals surface area contributed by atoms with Crippen LogP contribution in [-0.4, -0.2) is 26.7 Å². The SMILES string of the molecule is O=C1CSC(c2ccccc2Cl)N1C1=NN2C(=CSC2c2ccccc2)S1. The largest absolute Gasteiger partial charge is 0.273 e. The number of thioether (sulfide) groups is 3. The summed E-state index contributed by atoms with van der Waals surface area (Å²) in [6, 6.07) is 18.0. The van der Waals surface area contributed by atoms with E-state index in [1.807, 2.05) is 47.5 Å². The molecule has 0 aliphatic carbocycles. The maximum absolute atomic E-state index is 12.7. The zero-order valence-corrected chi connectivity index (χ0v) is 17.2. The maximum atomic E-state index is 12.7. The summed E-state index contributed by atoms with van der Waals surface area (Å²) >= 11 is 11.3. The molecule has 0 spiro atoms. The van der Waals surface area contributed by atoms with Crippen LogP contribution in [0, 0.1) is 0 Å². The van der Waals surface area contributed by atoms with E-state index in [9.17, 15) is 4.79 Å². The van der Waals surface area contributed by atoms with Crippen molar-refractivity contribution in [1.29, 1.82) is 0 Å². The summed E-state index contributed by atoms with van der Waals surface area (Å²) in [5.41, 5.74) is 2.15. The summed E-state index contributed by atoms with van der Waals surface area (Å²) in [6.07, 6.45) is 0. The number of benzene rings is 2. The van der Waals surface area contributed by atoms with Crippen molar-refractivity contribution >= 4 is 58.0 Å². The standard InChI is InChI=1S/C19H14ClN3OS3/c20-14-9-5-4-8-13(14)18-22(15(24)10-25-18)19-21-23-16(27-19)11-26-17(23)12-6-2-1-3-7-12/h1-9,11,17-18H,10H2. The van der Waals surface area contributed by atoms with E-state index in [0.29, 0.717) is 10.8 Å². The van der Waals surface area contributed by atoms with E-state index >= 15 is 0 Å². The van der Waals surface area contributed by atoms with Crippen molar-refractivity contribution in [3.05, 3.63) is 81.2 Å². The highest BCUT2D eigenvalue weighted by Gasteiger charge is 2.43. The van der Waals surface area contributed by atoms with E-state index < -0.39 is 0 Å². The predicted molar refractivity (Wildman–Crippen MR) is 115 cm³/mol. The van der Waals surface area contributed by atoms with Crippen molar-refractivity contribution in [2.24, 2.45) is 5.10 Å². The van der Waals surface area contributed by atoms with Gasteiger partial charge < -0.3 is 0 Å². The number of hydrazone groups is 1. The van der Waals surface area contributed by atoms with E-state index in [0.717, 1.165) is 15.8 Å². The Hall–Kier alpha value is -1.54. The van der Waals surface area contributed by atoms with E-state index in [2.05, 4.69) is 17.5 Å². The second kappa shape index (κ2) is 7.13. The summed E-state index contributed by atoms with van der Waals surface area (Å²) in [5.74, 6) is 0.507. The molecule has 0 N–H and O–H groups in total. The third-order valence-corrected chi connectivity index (χ3v) is 8.22. The molecule has 8 heteroatoms. The predicted octanol–water partition coefficient (Wildman–Crippen LogP) is 5.48. The topological polar surface area (TPSA) is 35.9 Å². The van der Waals surface area contributed by atoms with Gasteiger partial charge >= 0.3 is 0 Å². The van der Waals surface area contributed by atoms with Crippen LogP contribution in [0.2, 0.25) is 5.02 Å². The molecule has 0 saturated carbocycles. The van der Waals surface area contributed by atoms with Crippen LogP contribution in [0.3, 0.4) is 0 Å². The minimum Gasteiger partial charge on any atom is -0.273 e. The Labute approximate surface area is 175 Å². The van der Waals surface area contributed by atoms with Crippen LogP contribution in [-0.2, 0) is 4.79 Å².